The number of carbonyl (C=O) groups excluding carboxylic acids is 1. The van der Waals surface area contributed by atoms with Gasteiger partial charge in [-0.05, 0) is 38.8 Å². The second-order valence-corrected chi connectivity index (χ2v) is 5.87. The molecule has 1 aliphatic rings. The van der Waals surface area contributed by atoms with Crippen molar-refractivity contribution < 1.29 is 9.53 Å². The second-order valence-electron chi connectivity index (χ2n) is 5.87. The average Bonchev–Trinajstić information content (AvgIpc) is 2.38. The molecule has 0 N–H and O–H groups in total. The summed E-state index contributed by atoms with van der Waals surface area (Å²) in [6.07, 6.45) is 8.10. The zero-order valence-corrected chi connectivity index (χ0v) is 12.2. The number of allylic oxidation sites excluding steroid dienone is 2. The van der Waals surface area contributed by atoms with E-state index in [9.17, 15) is 4.79 Å². The van der Waals surface area contributed by atoms with Crippen molar-refractivity contribution in [1.82, 2.24) is 4.90 Å². The first kappa shape index (κ1) is 14.4. The predicted molar refractivity (Wildman–Crippen MR) is 80.3 cm³/mol. The molecule has 1 aromatic carbocycles. The third-order valence-corrected chi connectivity index (χ3v) is 2.94. The highest BCUT2D eigenvalue weighted by Crippen LogP contribution is 2.18. The number of ether oxygens (including phenoxy) is 1. The van der Waals surface area contributed by atoms with Crippen LogP contribution in [0.3, 0.4) is 0 Å². The van der Waals surface area contributed by atoms with Gasteiger partial charge in [-0.2, -0.15) is 0 Å². The summed E-state index contributed by atoms with van der Waals surface area (Å²) in [7, 11) is 0. The van der Waals surface area contributed by atoms with E-state index in [0.29, 0.717) is 0 Å². The van der Waals surface area contributed by atoms with E-state index in [1.807, 2.05) is 57.2 Å². The van der Waals surface area contributed by atoms with Crippen LogP contribution in [0.15, 0.2) is 54.8 Å². The van der Waals surface area contributed by atoms with Crippen molar-refractivity contribution >= 4 is 6.09 Å². The monoisotopic (exact) mass is 271 g/mol. The first-order chi connectivity index (χ1) is 9.46. The number of nitrogens with zero attached hydrogens (tertiary/aromatic N) is 1. The summed E-state index contributed by atoms with van der Waals surface area (Å²) in [6.45, 7) is 5.63. The van der Waals surface area contributed by atoms with Crippen LogP contribution in [0.4, 0.5) is 4.79 Å². The summed E-state index contributed by atoms with van der Waals surface area (Å²) in [5.41, 5.74) is 0.717. The van der Waals surface area contributed by atoms with Crippen molar-refractivity contribution in [2.75, 3.05) is 0 Å². The SMILES string of the molecule is CC(C)(C)OC(=O)N1C=CC=CC1Cc1ccccc1. The molecule has 0 spiro atoms. The molecule has 2 rings (SSSR count). The Morgan fingerprint density at radius 2 is 1.90 bits per heavy atom. The molecule has 3 nitrogen and oxygen atoms in total. The van der Waals surface area contributed by atoms with Crippen LogP contribution in [0.25, 0.3) is 0 Å². The first-order valence-corrected chi connectivity index (χ1v) is 6.86. The number of hydrogen-bond acceptors (Lipinski definition) is 2. The predicted octanol–water partition coefficient (Wildman–Crippen LogP) is 3.92. The molecule has 0 saturated carbocycles. The highest BCUT2D eigenvalue weighted by atomic mass is 16.6. The van der Waals surface area contributed by atoms with Crippen LogP contribution in [0.5, 0.6) is 0 Å². The number of carbonyl (C=O) groups is 1. The minimum atomic E-state index is -0.483. The van der Waals surface area contributed by atoms with Gasteiger partial charge in [-0.15, -0.1) is 0 Å². The fraction of sp³-hybridized carbons (Fsp3) is 0.353. The molecule has 0 aromatic heterocycles. The molecule has 1 atom stereocenters. The van der Waals surface area contributed by atoms with Crippen LogP contribution >= 0.6 is 0 Å². The van der Waals surface area contributed by atoms with Crippen molar-refractivity contribution in [2.24, 2.45) is 0 Å². The normalized spacial score (nSPS) is 18.1. The lowest BCUT2D eigenvalue weighted by molar-refractivity contribution is 0.0295. The molecule has 1 heterocycles. The molecule has 0 radical (unpaired) electrons. The van der Waals surface area contributed by atoms with Crippen LogP contribution in [-0.2, 0) is 11.2 Å². The molecule has 1 unspecified atom stereocenters. The summed E-state index contributed by atoms with van der Waals surface area (Å²) in [5.74, 6) is 0. The van der Waals surface area contributed by atoms with E-state index >= 15 is 0 Å². The number of amides is 1. The molecule has 0 saturated heterocycles. The fourth-order valence-corrected chi connectivity index (χ4v) is 2.07. The fourth-order valence-electron chi connectivity index (χ4n) is 2.07. The van der Waals surface area contributed by atoms with Crippen molar-refractivity contribution in [1.29, 1.82) is 0 Å². The van der Waals surface area contributed by atoms with Crippen LogP contribution < -0.4 is 0 Å². The van der Waals surface area contributed by atoms with Gasteiger partial charge in [0.05, 0.1) is 6.04 Å². The van der Waals surface area contributed by atoms with Crippen LogP contribution in [0.1, 0.15) is 26.3 Å². The Morgan fingerprint density at radius 3 is 2.55 bits per heavy atom. The van der Waals surface area contributed by atoms with Gasteiger partial charge in [-0.25, -0.2) is 4.79 Å². The Labute approximate surface area is 120 Å². The molecule has 0 bridgehead atoms. The van der Waals surface area contributed by atoms with E-state index in [1.54, 1.807) is 11.1 Å². The van der Waals surface area contributed by atoms with Gasteiger partial charge in [0.1, 0.15) is 5.60 Å². The smallest absolute Gasteiger partial charge is 0.414 e. The van der Waals surface area contributed by atoms with Crippen LogP contribution in [0, 0.1) is 0 Å². The number of benzene rings is 1. The van der Waals surface area contributed by atoms with Gasteiger partial charge >= 0.3 is 6.09 Å². The lowest BCUT2D eigenvalue weighted by Crippen LogP contribution is -2.41. The lowest BCUT2D eigenvalue weighted by atomic mass is 10.0. The zero-order valence-electron chi connectivity index (χ0n) is 12.2. The van der Waals surface area contributed by atoms with E-state index in [-0.39, 0.29) is 12.1 Å². The molecule has 0 fully saturated rings. The van der Waals surface area contributed by atoms with E-state index in [4.69, 9.17) is 4.74 Å². The van der Waals surface area contributed by atoms with Gasteiger partial charge in [0.25, 0.3) is 0 Å². The standard InChI is InChI=1S/C17H21NO2/c1-17(2,3)20-16(19)18-12-8-7-11-15(18)13-14-9-5-4-6-10-14/h4-12,15H,13H2,1-3H3. The molecule has 0 aliphatic carbocycles. The van der Waals surface area contributed by atoms with Gasteiger partial charge < -0.3 is 4.74 Å². The van der Waals surface area contributed by atoms with Crippen LogP contribution in [-0.4, -0.2) is 22.6 Å². The van der Waals surface area contributed by atoms with Crippen molar-refractivity contribution in [3.63, 3.8) is 0 Å². The number of rotatable bonds is 2. The highest BCUT2D eigenvalue weighted by molar-refractivity contribution is 5.70. The summed E-state index contributed by atoms with van der Waals surface area (Å²) < 4.78 is 5.45. The Balaban J connectivity index is 2.09. The van der Waals surface area contributed by atoms with Gasteiger partial charge in [-0.1, -0.05) is 42.5 Å². The van der Waals surface area contributed by atoms with Gasteiger partial charge in [0.2, 0.25) is 0 Å². The largest absolute Gasteiger partial charge is 0.443 e. The Hall–Kier alpha value is -2.03. The molecular weight excluding hydrogens is 250 g/mol. The summed E-state index contributed by atoms with van der Waals surface area (Å²) >= 11 is 0. The highest BCUT2D eigenvalue weighted by Gasteiger charge is 2.26. The average molecular weight is 271 g/mol. The van der Waals surface area contributed by atoms with E-state index in [1.165, 1.54) is 5.56 Å². The molecule has 20 heavy (non-hydrogen) atoms. The third-order valence-electron chi connectivity index (χ3n) is 2.94. The Bertz CT molecular complexity index is 512. The van der Waals surface area contributed by atoms with Crippen LogP contribution in [0.2, 0.25) is 0 Å². The minimum absolute atomic E-state index is 0.00255. The van der Waals surface area contributed by atoms with Gasteiger partial charge in [0.15, 0.2) is 0 Å². The third kappa shape index (κ3) is 3.98. The summed E-state index contributed by atoms with van der Waals surface area (Å²) in [6, 6.07) is 10.1. The molecule has 3 heteroatoms. The van der Waals surface area contributed by atoms with E-state index in [0.717, 1.165) is 6.42 Å². The molecular formula is C17H21NO2. The molecule has 106 valence electrons. The lowest BCUT2D eigenvalue weighted by Gasteiger charge is -2.31. The topological polar surface area (TPSA) is 29.5 Å². The first-order valence-electron chi connectivity index (χ1n) is 6.86. The maximum Gasteiger partial charge on any atom is 0.414 e. The summed E-state index contributed by atoms with van der Waals surface area (Å²) in [5, 5.41) is 0. The maximum atomic E-state index is 12.2. The summed E-state index contributed by atoms with van der Waals surface area (Å²) in [4.78, 5) is 13.9. The number of hydrogen-bond donors (Lipinski definition) is 0. The van der Waals surface area contributed by atoms with Crippen molar-refractivity contribution in [2.45, 2.75) is 38.8 Å². The van der Waals surface area contributed by atoms with E-state index < -0.39 is 5.60 Å². The molecule has 1 amide bonds. The molecule has 1 aromatic rings. The van der Waals surface area contributed by atoms with Crippen molar-refractivity contribution in [3.8, 4) is 0 Å². The van der Waals surface area contributed by atoms with Gasteiger partial charge in [-0.3, -0.25) is 4.90 Å². The van der Waals surface area contributed by atoms with E-state index in [2.05, 4.69) is 12.1 Å². The second kappa shape index (κ2) is 5.95. The van der Waals surface area contributed by atoms with Crippen molar-refractivity contribution in [3.05, 3.63) is 60.3 Å². The zero-order chi connectivity index (χ0) is 14.6. The van der Waals surface area contributed by atoms with Gasteiger partial charge in [0, 0.05) is 6.20 Å². The Morgan fingerprint density at radius 1 is 1.20 bits per heavy atom. The minimum Gasteiger partial charge on any atom is -0.443 e. The quantitative estimate of drug-likeness (QED) is 0.816. The maximum absolute atomic E-state index is 12.2. The Kier molecular flexibility index (Phi) is 4.28. The molecule has 1 aliphatic heterocycles.